The van der Waals surface area contributed by atoms with Crippen LogP contribution in [0, 0.1) is 9.49 Å². The lowest BCUT2D eigenvalue weighted by Gasteiger charge is -2.41. The first-order valence-electron chi connectivity index (χ1n) is 12.9. The molecule has 2 rings (SSSR count). The van der Waals surface area contributed by atoms with Gasteiger partial charge in [0.25, 0.3) is 0 Å². The van der Waals surface area contributed by atoms with E-state index in [1.165, 1.54) is 7.11 Å². The number of nitrogens with zero attached hydrogens (tertiary/aromatic N) is 1. The zero-order chi connectivity index (χ0) is 27.5. The van der Waals surface area contributed by atoms with Gasteiger partial charge < -0.3 is 35.0 Å². The lowest BCUT2D eigenvalue weighted by Crippen LogP contribution is -2.55. The Morgan fingerprint density at radius 3 is 2.59 bits per heavy atom. The largest absolute Gasteiger partial charge is 0.493 e. The number of benzene rings is 1. The van der Waals surface area contributed by atoms with Crippen molar-refractivity contribution in [1.29, 1.82) is 0 Å². The molecule has 0 unspecified atom stereocenters. The molecule has 0 spiro atoms. The number of rotatable bonds is 14. The molecule has 1 aromatic rings. The quantitative estimate of drug-likeness (QED) is 0.232. The normalized spacial score (nSPS) is 19.4. The van der Waals surface area contributed by atoms with E-state index in [1.54, 1.807) is 23.1 Å². The summed E-state index contributed by atoms with van der Waals surface area (Å²) in [5, 5.41) is 32.9. The van der Waals surface area contributed by atoms with Crippen molar-refractivity contribution in [2.24, 2.45) is 5.92 Å². The summed E-state index contributed by atoms with van der Waals surface area (Å²) < 4.78 is 12.4. The molecule has 9 nitrogen and oxygen atoms in total. The topological polar surface area (TPSA) is 129 Å². The Kier molecular flexibility index (Phi) is 13.1. The Bertz CT molecular complexity index is 938. The average molecular weight is 633 g/mol. The number of nitrogens with one attached hydrogen (secondary N) is 1. The fraction of sp³-hybridized carbons (Fsp3) is 0.630. The molecule has 0 saturated heterocycles. The maximum absolute atomic E-state index is 13.3. The van der Waals surface area contributed by atoms with E-state index in [0.29, 0.717) is 45.1 Å². The van der Waals surface area contributed by atoms with Crippen LogP contribution in [0.4, 0.5) is 0 Å². The van der Waals surface area contributed by atoms with Gasteiger partial charge in [0, 0.05) is 31.5 Å². The highest BCUT2D eigenvalue weighted by molar-refractivity contribution is 14.1. The molecule has 208 valence electrons. The third-order valence-corrected chi connectivity index (χ3v) is 7.15. The van der Waals surface area contributed by atoms with E-state index in [4.69, 9.17) is 14.6 Å². The van der Waals surface area contributed by atoms with Gasteiger partial charge in [0.15, 0.2) is 11.5 Å². The smallest absolute Gasteiger partial charge is 0.247 e. The highest BCUT2D eigenvalue weighted by atomic mass is 127. The number of unbranched alkanes of at least 4 members (excludes halogenated alkanes) is 1. The van der Waals surface area contributed by atoms with Crippen molar-refractivity contribution in [3.05, 3.63) is 32.9 Å². The van der Waals surface area contributed by atoms with E-state index in [9.17, 15) is 19.8 Å². The van der Waals surface area contributed by atoms with E-state index < -0.39 is 18.2 Å². The predicted octanol–water partition coefficient (Wildman–Crippen LogP) is 2.77. The Balaban J connectivity index is 2.48. The summed E-state index contributed by atoms with van der Waals surface area (Å²) in [6.07, 6.45) is 2.48. The third kappa shape index (κ3) is 8.83. The molecule has 10 heteroatoms. The van der Waals surface area contributed by atoms with E-state index in [0.717, 1.165) is 19.3 Å². The van der Waals surface area contributed by atoms with E-state index >= 15 is 0 Å². The van der Waals surface area contributed by atoms with Crippen LogP contribution in [-0.4, -0.2) is 77.1 Å². The molecule has 0 fully saturated rings. The van der Waals surface area contributed by atoms with Gasteiger partial charge in [0.1, 0.15) is 12.2 Å². The number of aliphatic hydroxyl groups excluding tert-OH is 3. The van der Waals surface area contributed by atoms with Crippen LogP contribution in [0.3, 0.4) is 0 Å². The molecule has 0 heterocycles. The first-order valence-corrected chi connectivity index (χ1v) is 14.0. The Morgan fingerprint density at radius 1 is 1.27 bits per heavy atom. The SMILES string of the molecule is CCCCC(=O)N(CCC(C)C)[C@@H]1CC(C(=O)NCCO)=C[C@H](Oc2c(I)cc(CO)cc2OC)[C@H]1O. The van der Waals surface area contributed by atoms with Crippen LogP contribution >= 0.6 is 22.6 Å². The summed E-state index contributed by atoms with van der Waals surface area (Å²) in [6, 6.07) is 2.76. The summed E-state index contributed by atoms with van der Waals surface area (Å²) in [7, 11) is 1.49. The van der Waals surface area contributed by atoms with Gasteiger partial charge >= 0.3 is 0 Å². The fourth-order valence-corrected chi connectivity index (χ4v) is 5.03. The highest BCUT2D eigenvalue weighted by Crippen LogP contribution is 2.37. The lowest BCUT2D eigenvalue weighted by atomic mass is 9.87. The molecular weight excluding hydrogens is 591 g/mol. The predicted molar refractivity (Wildman–Crippen MR) is 149 cm³/mol. The maximum atomic E-state index is 13.3. The van der Waals surface area contributed by atoms with Crippen LogP contribution in [0.2, 0.25) is 0 Å². The van der Waals surface area contributed by atoms with Crippen molar-refractivity contribution in [3.8, 4) is 11.5 Å². The summed E-state index contributed by atoms with van der Waals surface area (Å²) >= 11 is 2.07. The fourth-order valence-electron chi connectivity index (χ4n) is 4.24. The van der Waals surface area contributed by atoms with Crippen LogP contribution in [0.25, 0.3) is 0 Å². The Labute approximate surface area is 233 Å². The molecule has 0 radical (unpaired) electrons. The molecule has 1 aliphatic carbocycles. The summed E-state index contributed by atoms with van der Waals surface area (Å²) in [5.74, 6) is 0.694. The molecule has 37 heavy (non-hydrogen) atoms. The van der Waals surface area contributed by atoms with Gasteiger partial charge in [-0.1, -0.05) is 27.2 Å². The molecule has 1 aromatic carbocycles. The number of carbonyl (C=O) groups excluding carboxylic acids is 2. The summed E-state index contributed by atoms with van der Waals surface area (Å²) in [6.45, 7) is 6.37. The van der Waals surface area contributed by atoms with Gasteiger partial charge in [-0.25, -0.2) is 0 Å². The number of ether oxygens (including phenoxy) is 2. The number of halogens is 1. The average Bonchev–Trinajstić information content (AvgIpc) is 2.88. The number of carbonyl (C=O) groups is 2. The van der Waals surface area contributed by atoms with Crippen LogP contribution < -0.4 is 14.8 Å². The monoisotopic (exact) mass is 632 g/mol. The van der Waals surface area contributed by atoms with Gasteiger partial charge in [-0.05, 0) is 65.1 Å². The zero-order valence-corrected chi connectivity index (χ0v) is 24.4. The minimum Gasteiger partial charge on any atom is -0.493 e. The van der Waals surface area contributed by atoms with Gasteiger partial charge in [-0.15, -0.1) is 0 Å². The third-order valence-electron chi connectivity index (χ3n) is 6.35. The van der Waals surface area contributed by atoms with E-state index in [2.05, 4.69) is 41.8 Å². The van der Waals surface area contributed by atoms with Crippen LogP contribution in [0.5, 0.6) is 11.5 Å². The minimum absolute atomic E-state index is 0.0539. The number of amides is 2. The van der Waals surface area contributed by atoms with E-state index in [1.807, 2.05) is 6.92 Å². The van der Waals surface area contributed by atoms with E-state index in [-0.39, 0.29) is 38.0 Å². The lowest BCUT2D eigenvalue weighted by molar-refractivity contribution is -0.139. The molecule has 3 atom stereocenters. The second-order valence-electron chi connectivity index (χ2n) is 9.66. The maximum Gasteiger partial charge on any atom is 0.247 e. The molecular formula is C27H41IN2O7. The first kappa shape index (κ1) is 31.3. The molecule has 0 aliphatic heterocycles. The van der Waals surface area contributed by atoms with Crippen LogP contribution in [0.15, 0.2) is 23.8 Å². The Morgan fingerprint density at radius 2 is 2.00 bits per heavy atom. The molecule has 2 amide bonds. The van der Waals surface area contributed by atoms with Gasteiger partial charge in [-0.2, -0.15) is 0 Å². The zero-order valence-electron chi connectivity index (χ0n) is 22.2. The van der Waals surface area contributed by atoms with Crippen LogP contribution in [-0.2, 0) is 16.2 Å². The van der Waals surface area contributed by atoms with Crippen molar-refractivity contribution in [3.63, 3.8) is 0 Å². The summed E-state index contributed by atoms with van der Waals surface area (Å²) in [4.78, 5) is 27.9. The van der Waals surface area contributed by atoms with Crippen LogP contribution in [0.1, 0.15) is 58.4 Å². The van der Waals surface area contributed by atoms with Gasteiger partial charge in [0.05, 0.1) is 29.9 Å². The number of hydrogen-bond acceptors (Lipinski definition) is 7. The second kappa shape index (κ2) is 15.5. The number of methoxy groups -OCH3 is 1. The van der Waals surface area contributed by atoms with Crippen molar-refractivity contribution in [2.75, 3.05) is 26.8 Å². The van der Waals surface area contributed by atoms with Gasteiger partial charge in [0.2, 0.25) is 11.8 Å². The van der Waals surface area contributed by atoms with Crippen molar-refractivity contribution in [2.45, 2.75) is 77.7 Å². The number of hydrogen-bond donors (Lipinski definition) is 4. The molecule has 0 saturated carbocycles. The van der Waals surface area contributed by atoms with Gasteiger partial charge in [-0.3, -0.25) is 9.59 Å². The molecule has 4 N–H and O–H groups in total. The molecule has 0 bridgehead atoms. The van der Waals surface area contributed by atoms with Crippen molar-refractivity contribution < 1.29 is 34.4 Å². The van der Waals surface area contributed by atoms with Crippen molar-refractivity contribution in [1.82, 2.24) is 10.2 Å². The minimum atomic E-state index is -1.09. The van der Waals surface area contributed by atoms with Crippen molar-refractivity contribution >= 4 is 34.4 Å². The molecule has 1 aliphatic rings. The Hall–Kier alpha value is -1.89. The first-order chi connectivity index (χ1) is 17.7. The highest BCUT2D eigenvalue weighted by Gasteiger charge is 2.40. The second-order valence-corrected chi connectivity index (χ2v) is 10.8. The summed E-state index contributed by atoms with van der Waals surface area (Å²) in [5.41, 5.74) is 1.03. The molecule has 0 aromatic heterocycles. The standard InChI is InChI=1S/C27H41IN2O7/c1-5-6-7-24(33)30(10-8-17(2)3)21-14-19(27(35)29-9-11-31)15-22(25(21)34)37-26-20(28)12-18(16-32)13-23(26)36-4/h12-13,15,17,21-22,25,31-32,34H,5-11,14,16H2,1-4H3,(H,29,35)/t21-,22+,25+/m1/s1. The number of aliphatic hydroxyl groups is 3.